The van der Waals surface area contributed by atoms with Crippen molar-refractivity contribution >= 4 is 33.2 Å². The average molecular weight is 483 g/mol. The molecule has 0 unspecified atom stereocenters. The van der Waals surface area contributed by atoms with Gasteiger partial charge in [0.05, 0.1) is 11.3 Å². The fourth-order valence-electron chi connectivity index (χ4n) is 4.30. The van der Waals surface area contributed by atoms with Crippen molar-refractivity contribution in [3.8, 4) is 0 Å². The van der Waals surface area contributed by atoms with Gasteiger partial charge in [0.1, 0.15) is 6.17 Å². The van der Waals surface area contributed by atoms with Gasteiger partial charge >= 0.3 is 0 Å². The summed E-state index contributed by atoms with van der Waals surface area (Å²) in [5.41, 5.74) is 5.99. The molecule has 0 aliphatic carbocycles. The number of nitrogens with zero attached hydrogens (tertiary/aromatic N) is 2. The van der Waals surface area contributed by atoms with Crippen LogP contribution in [0.2, 0.25) is 0 Å². The van der Waals surface area contributed by atoms with E-state index in [2.05, 4.69) is 82.4 Å². The number of halogens is 1. The molecule has 0 bridgehead atoms. The van der Waals surface area contributed by atoms with Gasteiger partial charge in [0.15, 0.2) is 0 Å². The second kappa shape index (κ2) is 8.64. The van der Waals surface area contributed by atoms with E-state index in [0.717, 1.165) is 27.0 Å². The van der Waals surface area contributed by atoms with Gasteiger partial charge in [-0.2, -0.15) is 0 Å². The maximum atomic E-state index is 13.8. The predicted molar refractivity (Wildman–Crippen MR) is 134 cm³/mol. The quantitative estimate of drug-likeness (QED) is 0.309. The topological polar surface area (TPSA) is 23.6 Å². The molecule has 3 nitrogen and oxygen atoms in total. The maximum absolute atomic E-state index is 13.8. The maximum Gasteiger partial charge on any atom is 0.262 e. The molecule has 0 spiro atoms. The lowest BCUT2D eigenvalue weighted by Gasteiger charge is -2.46. The number of carbonyl (C=O) groups is 1. The summed E-state index contributed by atoms with van der Waals surface area (Å²) in [5.74, 6) is 0.0154. The van der Waals surface area contributed by atoms with Crippen LogP contribution in [-0.2, 0) is 6.54 Å². The number of amides is 1. The van der Waals surface area contributed by atoms with Crippen molar-refractivity contribution in [2.45, 2.75) is 19.6 Å². The molecule has 1 aliphatic rings. The van der Waals surface area contributed by atoms with Gasteiger partial charge in [-0.25, -0.2) is 0 Å². The third kappa shape index (κ3) is 3.82. The largest absolute Gasteiger partial charge is 0.342 e. The molecule has 0 fully saturated rings. The van der Waals surface area contributed by atoms with E-state index in [9.17, 15) is 4.79 Å². The molecule has 1 heterocycles. The predicted octanol–water partition coefficient (Wildman–Crippen LogP) is 7.12. The van der Waals surface area contributed by atoms with Crippen LogP contribution in [0.1, 0.15) is 33.2 Å². The van der Waals surface area contributed by atoms with Crippen LogP contribution >= 0.6 is 15.9 Å². The van der Waals surface area contributed by atoms with Crippen LogP contribution < -0.4 is 9.80 Å². The first-order valence-electron chi connectivity index (χ1n) is 10.7. The Morgan fingerprint density at radius 1 is 0.781 bits per heavy atom. The molecular weight excluding hydrogens is 460 g/mol. The molecule has 1 atom stereocenters. The van der Waals surface area contributed by atoms with Gasteiger partial charge in [0.2, 0.25) is 0 Å². The van der Waals surface area contributed by atoms with Crippen molar-refractivity contribution in [2.24, 2.45) is 0 Å². The molecule has 5 rings (SSSR count). The zero-order valence-electron chi connectivity index (χ0n) is 17.8. The van der Waals surface area contributed by atoms with Gasteiger partial charge in [0, 0.05) is 16.7 Å². The van der Waals surface area contributed by atoms with Crippen LogP contribution in [0.4, 0.5) is 11.4 Å². The summed E-state index contributed by atoms with van der Waals surface area (Å²) >= 11 is 3.55. The van der Waals surface area contributed by atoms with E-state index in [1.54, 1.807) is 0 Å². The lowest BCUT2D eigenvalue weighted by molar-refractivity contribution is 0.0968. The molecule has 1 aliphatic heterocycles. The van der Waals surface area contributed by atoms with E-state index in [1.165, 1.54) is 11.1 Å². The first kappa shape index (κ1) is 20.5. The summed E-state index contributed by atoms with van der Waals surface area (Å²) in [6.07, 6.45) is -0.270. The number of carbonyl (C=O) groups excluding carboxylic acids is 1. The highest BCUT2D eigenvalue weighted by Crippen LogP contribution is 2.42. The highest BCUT2D eigenvalue weighted by molar-refractivity contribution is 9.10. The Bertz CT molecular complexity index is 1240. The third-order valence-corrected chi connectivity index (χ3v) is 6.41. The number of para-hydroxylation sites is 1. The van der Waals surface area contributed by atoms with Gasteiger partial charge in [-0.05, 0) is 54.4 Å². The van der Waals surface area contributed by atoms with Gasteiger partial charge in [-0.1, -0.05) is 88.2 Å². The van der Waals surface area contributed by atoms with Crippen LogP contribution in [0.3, 0.4) is 0 Å². The minimum atomic E-state index is -0.270. The summed E-state index contributed by atoms with van der Waals surface area (Å²) < 4.78 is 1.01. The fourth-order valence-corrected chi connectivity index (χ4v) is 4.56. The highest BCUT2D eigenvalue weighted by atomic mass is 79.9. The van der Waals surface area contributed by atoms with E-state index in [0.29, 0.717) is 6.54 Å². The summed E-state index contributed by atoms with van der Waals surface area (Å²) in [6.45, 7) is 2.75. The van der Waals surface area contributed by atoms with E-state index in [-0.39, 0.29) is 12.1 Å². The monoisotopic (exact) mass is 482 g/mol. The number of anilines is 2. The van der Waals surface area contributed by atoms with Gasteiger partial charge in [-0.3, -0.25) is 9.69 Å². The lowest BCUT2D eigenvalue weighted by atomic mass is 9.99. The molecule has 0 N–H and O–H groups in total. The van der Waals surface area contributed by atoms with E-state index >= 15 is 0 Å². The summed E-state index contributed by atoms with van der Waals surface area (Å²) in [4.78, 5) is 18.1. The molecule has 4 aromatic rings. The minimum Gasteiger partial charge on any atom is -0.342 e. The first-order chi connectivity index (χ1) is 15.6. The fraction of sp³-hybridized carbons (Fsp3) is 0.107. The molecule has 0 saturated heterocycles. The molecule has 0 saturated carbocycles. The SMILES string of the molecule is Cc1ccc(N2C(=O)c3ccccc3N(Cc3ccccc3)[C@@H]2c2ccc(Br)cc2)cc1. The third-order valence-electron chi connectivity index (χ3n) is 5.88. The number of fused-ring (bicyclic) bond motifs is 1. The van der Waals surface area contributed by atoms with Crippen LogP contribution in [-0.4, -0.2) is 5.91 Å². The zero-order valence-corrected chi connectivity index (χ0v) is 19.4. The Labute approximate surface area is 197 Å². The standard InChI is InChI=1S/C28H23BrN2O/c1-20-11-17-24(18-12-20)31-27(22-13-15-23(29)16-14-22)30(19-21-7-3-2-4-8-21)26-10-6-5-9-25(26)28(31)32/h2-18,27H,19H2,1H3/t27-/m0/s1. The zero-order chi connectivity index (χ0) is 22.1. The van der Waals surface area contributed by atoms with Crippen LogP contribution in [0, 0.1) is 6.92 Å². The van der Waals surface area contributed by atoms with Crippen molar-refractivity contribution in [3.05, 3.63) is 130 Å². The molecule has 158 valence electrons. The smallest absolute Gasteiger partial charge is 0.262 e. The summed E-state index contributed by atoms with van der Waals surface area (Å²) in [7, 11) is 0. The highest BCUT2D eigenvalue weighted by Gasteiger charge is 2.39. The number of benzene rings is 4. The number of hydrogen-bond donors (Lipinski definition) is 0. The molecule has 0 radical (unpaired) electrons. The van der Waals surface area contributed by atoms with Crippen molar-refractivity contribution in [2.75, 3.05) is 9.80 Å². The molecule has 32 heavy (non-hydrogen) atoms. The second-order valence-corrected chi connectivity index (χ2v) is 8.98. The Morgan fingerprint density at radius 3 is 2.16 bits per heavy atom. The summed E-state index contributed by atoms with van der Waals surface area (Å²) in [6, 6.07) is 34.8. The normalized spacial score (nSPS) is 15.6. The van der Waals surface area contributed by atoms with Gasteiger partial charge < -0.3 is 4.90 Å². The number of rotatable bonds is 4. The van der Waals surface area contributed by atoms with Crippen LogP contribution in [0.15, 0.2) is 108 Å². The van der Waals surface area contributed by atoms with E-state index in [1.807, 2.05) is 53.4 Å². The van der Waals surface area contributed by atoms with Crippen LogP contribution in [0.5, 0.6) is 0 Å². The van der Waals surface area contributed by atoms with Gasteiger partial charge in [0.25, 0.3) is 5.91 Å². The Morgan fingerprint density at radius 2 is 1.44 bits per heavy atom. The number of hydrogen-bond acceptors (Lipinski definition) is 2. The lowest BCUT2D eigenvalue weighted by Crippen LogP contribution is -2.49. The average Bonchev–Trinajstić information content (AvgIpc) is 2.83. The molecular formula is C28H23BrN2O. The molecule has 0 aromatic heterocycles. The van der Waals surface area contributed by atoms with Gasteiger partial charge in [-0.15, -0.1) is 0 Å². The Kier molecular flexibility index (Phi) is 5.54. The van der Waals surface area contributed by atoms with Crippen molar-refractivity contribution < 1.29 is 4.79 Å². The molecule has 4 aromatic carbocycles. The van der Waals surface area contributed by atoms with Crippen molar-refractivity contribution in [3.63, 3.8) is 0 Å². The van der Waals surface area contributed by atoms with E-state index < -0.39 is 0 Å². The Hall–Kier alpha value is -3.37. The van der Waals surface area contributed by atoms with Crippen molar-refractivity contribution in [1.82, 2.24) is 0 Å². The minimum absolute atomic E-state index is 0.0154. The van der Waals surface area contributed by atoms with Crippen LogP contribution in [0.25, 0.3) is 0 Å². The number of aryl methyl sites for hydroxylation is 1. The molecule has 1 amide bonds. The van der Waals surface area contributed by atoms with Crippen molar-refractivity contribution in [1.29, 1.82) is 0 Å². The Balaban J connectivity index is 1.72. The summed E-state index contributed by atoms with van der Waals surface area (Å²) in [5, 5.41) is 0. The molecule has 4 heteroatoms. The first-order valence-corrected chi connectivity index (χ1v) is 11.5. The second-order valence-electron chi connectivity index (χ2n) is 8.07. The van der Waals surface area contributed by atoms with E-state index in [4.69, 9.17) is 0 Å².